The predicted octanol–water partition coefficient (Wildman–Crippen LogP) is 3.49. The molecule has 1 atom stereocenters. The maximum Gasteiger partial charge on any atom is 0.165 e. The monoisotopic (exact) mass is 251 g/mol. The molecule has 0 radical (unpaired) electrons. The molecule has 17 heavy (non-hydrogen) atoms. The average molecular weight is 251 g/mol. The van der Waals surface area contributed by atoms with Crippen LogP contribution in [0.1, 0.15) is 24.1 Å². The Morgan fingerprint density at radius 2 is 2.24 bits per heavy atom. The van der Waals surface area contributed by atoms with E-state index in [1.165, 1.54) is 6.07 Å². The number of nitrogens with two attached hydrogens (primary N) is 1. The van der Waals surface area contributed by atoms with E-state index in [2.05, 4.69) is 0 Å². The molecule has 90 valence electrons. The third-order valence-electron chi connectivity index (χ3n) is 2.46. The summed E-state index contributed by atoms with van der Waals surface area (Å²) in [6.45, 7) is 2.21. The summed E-state index contributed by atoms with van der Waals surface area (Å²) in [5.74, 6) is -0.101. The Balaban J connectivity index is 2.06. The second-order valence-corrected chi connectivity index (χ2v) is 4.68. The fourth-order valence-electron chi connectivity index (χ4n) is 1.45. The summed E-state index contributed by atoms with van der Waals surface area (Å²) < 4.78 is 19.1. The smallest absolute Gasteiger partial charge is 0.165 e. The van der Waals surface area contributed by atoms with Crippen molar-refractivity contribution < 1.29 is 9.13 Å². The fourth-order valence-corrected chi connectivity index (χ4v) is 2.11. The summed E-state index contributed by atoms with van der Waals surface area (Å²) in [5, 5.41) is 3.95. The number of rotatable bonds is 4. The van der Waals surface area contributed by atoms with Crippen molar-refractivity contribution in [2.45, 2.75) is 19.6 Å². The van der Waals surface area contributed by atoms with Crippen molar-refractivity contribution >= 4 is 11.3 Å². The largest absolute Gasteiger partial charge is 0.486 e. The third-order valence-corrected chi connectivity index (χ3v) is 3.19. The van der Waals surface area contributed by atoms with Gasteiger partial charge in [0.05, 0.1) is 0 Å². The van der Waals surface area contributed by atoms with Gasteiger partial charge in [0.2, 0.25) is 0 Å². The van der Waals surface area contributed by atoms with Crippen LogP contribution in [0.15, 0.2) is 35.0 Å². The van der Waals surface area contributed by atoms with E-state index in [9.17, 15) is 4.39 Å². The van der Waals surface area contributed by atoms with Gasteiger partial charge in [0.1, 0.15) is 6.61 Å². The van der Waals surface area contributed by atoms with Crippen molar-refractivity contribution in [1.29, 1.82) is 0 Å². The van der Waals surface area contributed by atoms with Gasteiger partial charge in [-0.15, -0.1) is 0 Å². The van der Waals surface area contributed by atoms with E-state index in [1.54, 1.807) is 23.5 Å². The lowest BCUT2D eigenvalue weighted by atomic mass is 10.1. The minimum Gasteiger partial charge on any atom is -0.486 e. The van der Waals surface area contributed by atoms with Crippen LogP contribution in [0.3, 0.4) is 0 Å². The van der Waals surface area contributed by atoms with Crippen LogP contribution in [0.4, 0.5) is 4.39 Å². The molecule has 0 saturated carbocycles. The van der Waals surface area contributed by atoms with Crippen LogP contribution in [0, 0.1) is 5.82 Å². The number of thiophene rings is 1. The number of hydrogen-bond donors (Lipinski definition) is 1. The molecule has 1 aromatic carbocycles. The molecule has 1 unspecified atom stereocenters. The van der Waals surface area contributed by atoms with Gasteiger partial charge >= 0.3 is 0 Å². The van der Waals surface area contributed by atoms with Gasteiger partial charge in [-0.25, -0.2) is 4.39 Å². The van der Waals surface area contributed by atoms with Crippen molar-refractivity contribution in [3.05, 3.63) is 52.0 Å². The van der Waals surface area contributed by atoms with E-state index in [1.807, 2.05) is 23.8 Å². The molecule has 0 aliphatic heterocycles. The minimum atomic E-state index is -0.366. The van der Waals surface area contributed by atoms with Crippen LogP contribution < -0.4 is 10.5 Å². The van der Waals surface area contributed by atoms with Crippen LogP contribution in [-0.4, -0.2) is 0 Å². The minimum absolute atomic E-state index is 0.171. The highest BCUT2D eigenvalue weighted by Gasteiger charge is 2.07. The maximum atomic E-state index is 13.7. The molecule has 1 aromatic heterocycles. The number of hydrogen-bond acceptors (Lipinski definition) is 3. The molecule has 0 fully saturated rings. The first-order valence-electron chi connectivity index (χ1n) is 5.35. The standard InChI is InChI=1S/C13H14FNOS/c1-9(15)11-2-3-13(12(14)6-11)16-7-10-4-5-17-8-10/h2-6,8-9H,7,15H2,1H3. The molecule has 4 heteroatoms. The molecule has 0 amide bonds. The molecule has 0 bridgehead atoms. The van der Waals surface area contributed by atoms with Crippen LogP contribution >= 0.6 is 11.3 Å². The molecule has 1 heterocycles. The van der Waals surface area contributed by atoms with Crippen LogP contribution in [0.2, 0.25) is 0 Å². The van der Waals surface area contributed by atoms with Gasteiger partial charge in [0, 0.05) is 6.04 Å². The van der Waals surface area contributed by atoms with Crippen LogP contribution in [0.5, 0.6) is 5.75 Å². The summed E-state index contributed by atoms with van der Waals surface area (Å²) in [6.07, 6.45) is 0. The Bertz CT molecular complexity index is 482. The fraction of sp³-hybridized carbons (Fsp3) is 0.231. The topological polar surface area (TPSA) is 35.2 Å². The van der Waals surface area contributed by atoms with E-state index < -0.39 is 0 Å². The lowest BCUT2D eigenvalue weighted by molar-refractivity contribution is 0.290. The zero-order valence-electron chi connectivity index (χ0n) is 9.52. The zero-order valence-corrected chi connectivity index (χ0v) is 10.3. The molecular formula is C13H14FNOS. The molecular weight excluding hydrogens is 237 g/mol. The number of benzene rings is 1. The predicted molar refractivity (Wildman–Crippen MR) is 67.7 cm³/mol. The molecule has 2 N–H and O–H groups in total. The molecule has 2 nitrogen and oxygen atoms in total. The molecule has 0 saturated heterocycles. The average Bonchev–Trinajstić information content (AvgIpc) is 2.80. The molecule has 0 aliphatic carbocycles. The lowest BCUT2D eigenvalue weighted by Crippen LogP contribution is -2.05. The third kappa shape index (κ3) is 3.05. The van der Waals surface area contributed by atoms with Crippen molar-refractivity contribution in [1.82, 2.24) is 0 Å². The van der Waals surface area contributed by atoms with E-state index >= 15 is 0 Å². The van der Waals surface area contributed by atoms with Crippen molar-refractivity contribution in [2.24, 2.45) is 5.73 Å². The first-order chi connectivity index (χ1) is 8.16. The molecule has 0 aliphatic rings. The van der Waals surface area contributed by atoms with Gasteiger partial charge in [-0.1, -0.05) is 6.07 Å². The van der Waals surface area contributed by atoms with Gasteiger partial charge in [0.15, 0.2) is 11.6 Å². The lowest BCUT2D eigenvalue weighted by Gasteiger charge is -2.09. The maximum absolute atomic E-state index is 13.7. The Hall–Kier alpha value is -1.39. The van der Waals surface area contributed by atoms with E-state index in [-0.39, 0.29) is 17.6 Å². The summed E-state index contributed by atoms with van der Waals surface area (Å²) >= 11 is 1.60. The van der Waals surface area contributed by atoms with E-state index in [0.29, 0.717) is 6.61 Å². The number of ether oxygens (including phenoxy) is 1. The van der Waals surface area contributed by atoms with Crippen molar-refractivity contribution in [3.63, 3.8) is 0 Å². The Labute approximate surface area is 104 Å². The number of halogens is 1. The summed E-state index contributed by atoms with van der Waals surface area (Å²) in [4.78, 5) is 0. The van der Waals surface area contributed by atoms with Crippen LogP contribution in [-0.2, 0) is 6.61 Å². The SMILES string of the molecule is CC(N)c1ccc(OCc2ccsc2)c(F)c1. The van der Waals surface area contributed by atoms with Gasteiger partial charge < -0.3 is 10.5 Å². The van der Waals surface area contributed by atoms with E-state index in [0.717, 1.165) is 11.1 Å². The van der Waals surface area contributed by atoms with Crippen LogP contribution in [0.25, 0.3) is 0 Å². The Morgan fingerprint density at radius 3 is 2.82 bits per heavy atom. The summed E-state index contributed by atoms with van der Waals surface area (Å²) in [6, 6.07) is 6.62. The summed E-state index contributed by atoms with van der Waals surface area (Å²) in [7, 11) is 0. The Morgan fingerprint density at radius 1 is 1.41 bits per heavy atom. The highest BCUT2D eigenvalue weighted by atomic mass is 32.1. The van der Waals surface area contributed by atoms with Crippen molar-refractivity contribution in [2.75, 3.05) is 0 Å². The van der Waals surface area contributed by atoms with E-state index in [4.69, 9.17) is 10.5 Å². The first kappa shape index (κ1) is 12.1. The molecule has 0 spiro atoms. The Kier molecular flexibility index (Phi) is 3.76. The van der Waals surface area contributed by atoms with Gasteiger partial charge in [-0.3, -0.25) is 0 Å². The second-order valence-electron chi connectivity index (χ2n) is 3.90. The molecule has 2 rings (SSSR count). The van der Waals surface area contributed by atoms with Gasteiger partial charge in [0.25, 0.3) is 0 Å². The highest BCUT2D eigenvalue weighted by molar-refractivity contribution is 7.07. The van der Waals surface area contributed by atoms with Gasteiger partial charge in [-0.2, -0.15) is 11.3 Å². The first-order valence-corrected chi connectivity index (χ1v) is 6.30. The zero-order chi connectivity index (χ0) is 12.3. The quantitative estimate of drug-likeness (QED) is 0.902. The highest BCUT2D eigenvalue weighted by Crippen LogP contribution is 2.22. The molecule has 2 aromatic rings. The second kappa shape index (κ2) is 5.29. The summed E-state index contributed by atoms with van der Waals surface area (Å²) in [5.41, 5.74) is 7.49. The normalized spacial score (nSPS) is 12.4. The van der Waals surface area contributed by atoms with Crippen molar-refractivity contribution in [3.8, 4) is 5.75 Å². The van der Waals surface area contributed by atoms with Gasteiger partial charge in [-0.05, 0) is 47.0 Å².